The number of carboxylic acid groups (broad SMARTS) is 1. The molecule has 0 amide bonds. The topological polar surface area (TPSA) is 113 Å². The molecule has 0 bridgehead atoms. The molecule has 0 heterocycles. The van der Waals surface area contributed by atoms with Crippen LogP contribution in [-0.2, 0) is 10.0 Å². The zero-order chi connectivity index (χ0) is 24.5. The number of carboxylic acids is 1. The van der Waals surface area contributed by atoms with Crippen molar-refractivity contribution < 1.29 is 23.1 Å². The van der Waals surface area contributed by atoms with E-state index in [1.54, 1.807) is 36.4 Å². The molecule has 34 heavy (non-hydrogen) atoms. The minimum absolute atomic E-state index is 0.0611. The van der Waals surface area contributed by atoms with E-state index in [9.17, 15) is 18.0 Å². The second-order valence-electron chi connectivity index (χ2n) is 8.12. The Bertz CT molecular complexity index is 1440. The summed E-state index contributed by atoms with van der Waals surface area (Å²) in [5.74, 6) is -1.12. The van der Waals surface area contributed by atoms with Gasteiger partial charge in [-0.2, -0.15) is 12.8 Å². The molecular formula is C26H22N2O5S. The summed E-state index contributed by atoms with van der Waals surface area (Å²) >= 11 is 0. The van der Waals surface area contributed by atoms with E-state index in [1.165, 1.54) is 42.5 Å². The fourth-order valence-electron chi connectivity index (χ4n) is 3.56. The van der Waals surface area contributed by atoms with Crippen LogP contribution >= 0.6 is 0 Å². The van der Waals surface area contributed by atoms with E-state index in [0.29, 0.717) is 16.8 Å². The summed E-state index contributed by atoms with van der Waals surface area (Å²) < 4.78 is 30.2. The van der Waals surface area contributed by atoms with Crippen molar-refractivity contribution in [2.45, 2.75) is 24.7 Å². The molecular weight excluding hydrogens is 452 g/mol. The number of Topliss-reactive ketones (excluding diaryl/α,β-unsaturated/α-hetero) is 1. The molecule has 8 heteroatoms. The third-order valence-electron chi connectivity index (χ3n) is 5.45. The first-order chi connectivity index (χ1) is 16.2. The predicted octanol–water partition coefficient (Wildman–Crippen LogP) is 4.88. The summed E-state index contributed by atoms with van der Waals surface area (Å²) in [7, 11) is -4.03. The van der Waals surface area contributed by atoms with Crippen molar-refractivity contribution in [3.05, 3.63) is 107 Å². The van der Waals surface area contributed by atoms with Gasteiger partial charge in [0.2, 0.25) is 5.78 Å². The number of fused-ring (bicyclic) bond motifs is 1. The molecule has 2 N–H and O–H groups in total. The maximum atomic E-state index is 13.1. The highest BCUT2D eigenvalue weighted by Crippen LogP contribution is 2.26. The minimum atomic E-state index is -4.03. The van der Waals surface area contributed by atoms with Gasteiger partial charge in [0.1, 0.15) is 0 Å². The molecule has 172 valence electrons. The van der Waals surface area contributed by atoms with E-state index in [1.807, 2.05) is 13.8 Å². The highest BCUT2D eigenvalue weighted by atomic mass is 32.2. The van der Waals surface area contributed by atoms with Crippen molar-refractivity contribution in [1.29, 1.82) is 0 Å². The smallest absolute Gasteiger partial charge is 0.335 e. The number of benzene rings is 3. The lowest BCUT2D eigenvalue weighted by atomic mass is 9.92. The molecule has 0 fully saturated rings. The van der Waals surface area contributed by atoms with Crippen molar-refractivity contribution in [1.82, 2.24) is 0 Å². The van der Waals surface area contributed by atoms with Gasteiger partial charge in [-0.3, -0.25) is 4.79 Å². The molecule has 1 aliphatic rings. The monoisotopic (exact) mass is 474 g/mol. The summed E-state index contributed by atoms with van der Waals surface area (Å²) in [5, 5.41) is 12.0. The molecule has 0 unspecified atom stereocenters. The Hall–Kier alpha value is -4.04. The molecule has 0 saturated carbocycles. The SMILES string of the molecule is CC(C)c1ccc(S(=O)(=O)/N=C2\C=C(Nc3ccc(C(=O)O)cc3)C(=O)c3ccccc32)cc1. The fraction of sp³-hybridized carbons (Fsp3) is 0.115. The predicted molar refractivity (Wildman–Crippen MR) is 130 cm³/mol. The number of nitrogens with zero attached hydrogens (tertiary/aromatic N) is 1. The first kappa shape index (κ1) is 23.1. The number of ketones is 1. The normalized spacial score (nSPS) is 14.6. The second kappa shape index (κ2) is 9.07. The van der Waals surface area contributed by atoms with Crippen LogP contribution in [0.1, 0.15) is 51.6 Å². The molecule has 0 radical (unpaired) electrons. The number of allylic oxidation sites excluding steroid dienone is 2. The van der Waals surface area contributed by atoms with E-state index in [2.05, 4.69) is 9.71 Å². The molecule has 0 spiro atoms. The van der Waals surface area contributed by atoms with Crippen molar-refractivity contribution in [3.63, 3.8) is 0 Å². The largest absolute Gasteiger partial charge is 0.478 e. The summed E-state index contributed by atoms with van der Waals surface area (Å²) in [5.41, 5.74) is 2.60. The Labute approximate surface area is 197 Å². The minimum Gasteiger partial charge on any atom is -0.478 e. The van der Waals surface area contributed by atoms with Gasteiger partial charge in [0.05, 0.1) is 21.9 Å². The van der Waals surface area contributed by atoms with E-state index in [4.69, 9.17) is 5.11 Å². The Morgan fingerprint density at radius 3 is 2.12 bits per heavy atom. The number of hydrogen-bond acceptors (Lipinski definition) is 5. The second-order valence-corrected chi connectivity index (χ2v) is 9.72. The average molecular weight is 475 g/mol. The van der Waals surface area contributed by atoms with Crippen LogP contribution in [0.4, 0.5) is 5.69 Å². The highest BCUT2D eigenvalue weighted by molar-refractivity contribution is 7.90. The number of nitrogens with one attached hydrogen (secondary N) is 1. The van der Waals surface area contributed by atoms with Crippen molar-refractivity contribution in [3.8, 4) is 0 Å². The number of aromatic carboxylic acids is 1. The van der Waals surface area contributed by atoms with Gasteiger partial charge in [0.25, 0.3) is 10.0 Å². The molecule has 0 aromatic heterocycles. The van der Waals surface area contributed by atoms with Crippen LogP contribution in [0.3, 0.4) is 0 Å². The van der Waals surface area contributed by atoms with Gasteiger partial charge in [-0.1, -0.05) is 50.2 Å². The molecule has 3 aromatic carbocycles. The van der Waals surface area contributed by atoms with Crippen molar-refractivity contribution >= 4 is 33.2 Å². The lowest BCUT2D eigenvalue weighted by Crippen LogP contribution is -2.22. The number of rotatable bonds is 6. The Morgan fingerprint density at radius 1 is 0.912 bits per heavy atom. The highest BCUT2D eigenvalue weighted by Gasteiger charge is 2.26. The fourth-order valence-corrected chi connectivity index (χ4v) is 4.55. The Morgan fingerprint density at radius 2 is 1.53 bits per heavy atom. The third kappa shape index (κ3) is 4.67. The summed E-state index contributed by atoms with van der Waals surface area (Å²) in [6.45, 7) is 4.04. The van der Waals surface area contributed by atoms with Crippen LogP contribution in [0.15, 0.2) is 93.9 Å². The first-order valence-electron chi connectivity index (χ1n) is 10.6. The van der Waals surface area contributed by atoms with Gasteiger partial charge >= 0.3 is 5.97 Å². The lowest BCUT2D eigenvalue weighted by Gasteiger charge is -2.19. The number of carbonyl (C=O) groups excluding carboxylic acids is 1. The molecule has 3 aromatic rings. The van der Waals surface area contributed by atoms with Crippen LogP contribution in [0.25, 0.3) is 0 Å². The summed E-state index contributed by atoms with van der Waals surface area (Å²) in [6, 6.07) is 19.1. The first-order valence-corrected chi connectivity index (χ1v) is 12.0. The quantitative estimate of drug-likeness (QED) is 0.527. The van der Waals surface area contributed by atoms with Crippen LogP contribution in [0.5, 0.6) is 0 Å². The van der Waals surface area contributed by atoms with E-state index >= 15 is 0 Å². The van der Waals surface area contributed by atoms with Crippen molar-refractivity contribution in [2.24, 2.45) is 4.40 Å². The zero-order valence-electron chi connectivity index (χ0n) is 18.5. The third-order valence-corrected chi connectivity index (χ3v) is 6.75. The molecule has 7 nitrogen and oxygen atoms in total. The van der Waals surface area contributed by atoms with E-state index in [-0.39, 0.29) is 33.6 Å². The van der Waals surface area contributed by atoms with Crippen LogP contribution in [0, 0.1) is 0 Å². The Balaban J connectivity index is 1.74. The van der Waals surface area contributed by atoms with Crippen LogP contribution in [-0.4, -0.2) is 31.0 Å². The van der Waals surface area contributed by atoms with Gasteiger partial charge in [0.15, 0.2) is 0 Å². The Kier molecular flexibility index (Phi) is 6.17. The van der Waals surface area contributed by atoms with Crippen LogP contribution < -0.4 is 5.32 Å². The molecule has 0 saturated heterocycles. The summed E-state index contributed by atoms with van der Waals surface area (Å²) in [6.07, 6.45) is 1.40. The molecule has 4 rings (SSSR count). The van der Waals surface area contributed by atoms with Gasteiger partial charge in [-0.05, 0) is 54.0 Å². The lowest BCUT2D eigenvalue weighted by molar-refractivity contribution is 0.0696. The number of carbonyl (C=O) groups is 2. The van der Waals surface area contributed by atoms with Gasteiger partial charge in [-0.15, -0.1) is 0 Å². The number of sulfonamides is 1. The molecule has 0 atom stereocenters. The van der Waals surface area contributed by atoms with E-state index in [0.717, 1.165) is 5.56 Å². The van der Waals surface area contributed by atoms with Gasteiger partial charge in [0, 0.05) is 16.8 Å². The van der Waals surface area contributed by atoms with Gasteiger partial charge in [-0.25, -0.2) is 4.79 Å². The average Bonchev–Trinajstić information content (AvgIpc) is 2.82. The zero-order valence-corrected chi connectivity index (χ0v) is 19.3. The molecule has 0 aliphatic heterocycles. The number of hydrogen-bond donors (Lipinski definition) is 2. The maximum Gasteiger partial charge on any atom is 0.335 e. The number of anilines is 1. The van der Waals surface area contributed by atoms with E-state index < -0.39 is 16.0 Å². The maximum absolute atomic E-state index is 13.1. The van der Waals surface area contributed by atoms with Crippen LogP contribution in [0.2, 0.25) is 0 Å². The van der Waals surface area contributed by atoms with Crippen molar-refractivity contribution in [2.75, 3.05) is 5.32 Å². The summed E-state index contributed by atoms with van der Waals surface area (Å²) in [4.78, 5) is 24.2. The van der Waals surface area contributed by atoms with Gasteiger partial charge < -0.3 is 10.4 Å². The molecule has 1 aliphatic carbocycles. The standard InChI is InChI=1S/C26H22N2O5S/c1-16(2)17-9-13-20(14-10-17)34(32,33)28-23-15-24(25(29)22-6-4-3-5-21(22)23)27-19-11-7-18(8-12-19)26(30)31/h3-16,27H,1-2H3,(H,30,31)/b28-23+.